The lowest BCUT2D eigenvalue weighted by molar-refractivity contribution is -0.123. The molecule has 0 aromatic heterocycles. The number of rotatable bonds is 37. The van der Waals surface area contributed by atoms with Crippen molar-refractivity contribution in [2.24, 2.45) is 0 Å². The van der Waals surface area contributed by atoms with E-state index in [0.717, 1.165) is 32.1 Å². The SMILES string of the molecule is CCCCCCC/C=C/CCCC[C@@H](O)[C@H](CO)NC(=O)CCCCCCCCCCCCCCC/C=C/CCCCCCCC. The number of carbonyl (C=O) groups is 1. The Morgan fingerprint density at radius 3 is 1.20 bits per heavy atom. The van der Waals surface area contributed by atoms with E-state index in [-0.39, 0.29) is 12.5 Å². The van der Waals surface area contributed by atoms with E-state index in [1.54, 1.807) is 0 Å². The second-order valence-electron chi connectivity index (χ2n) is 14.0. The summed E-state index contributed by atoms with van der Waals surface area (Å²) in [6.07, 6.45) is 48.2. The molecule has 0 aliphatic rings. The minimum absolute atomic E-state index is 0.0417. The smallest absolute Gasteiger partial charge is 0.220 e. The Bertz CT molecular complexity index is 661. The van der Waals surface area contributed by atoms with Crippen molar-refractivity contribution >= 4 is 5.91 Å². The van der Waals surface area contributed by atoms with Crippen LogP contribution in [-0.4, -0.2) is 34.9 Å². The number of carbonyl (C=O) groups excluding carboxylic acids is 1. The summed E-state index contributed by atoms with van der Waals surface area (Å²) in [6, 6.07) is -0.548. The lowest BCUT2D eigenvalue weighted by Crippen LogP contribution is -2.45. The van der Waals surface area contributed by atoms with Crippen molar-refractivity contribution in [3.63, 3.8) is 0 Å². The standard InChI is InChI=1S/C42H81NO3/c1-3-5-7-9-11-13-15-16-17-18-19-20-21-22-23-24-25-26-28-30-32-34-36-38-42(46)43-40(39-44)41(45)37-35-33-31-29-27-14-12-10-8-6-4-2/h16-17,27,29,40-41,44-45H,3-15,18-26,28,30-39H2,1-2H3,(H,43,46)/b17-16+,29-27+/t40-,41+/m0/s1. The molecule has 3 N–H and O–H groups in total. The molecule has 0 bridgehead atoms. The Labute approximate surface area is 288 Å². The third-order valence-electron chi connectivity index (χ3n) is 9.43. The highest BCUT2D eigenvalue weighted by atomic mass is 16.3. The third kappa shape index (κ3) is 34.2. The zero-order chi connectivity index (χ0) is 33.6. The molecule has 0 fully saturated rings. The van der Waals surface area contributed by atoms with Crippen LogP contribution in [0.1, 0.15) is 219 Å². The first-order valence-electron chi connectivity index (χ1n) is 20.5. The zero-order valence-corrected chi connectivity index (χ0v) is 31.1. The average Bonchev–Trinajstić information content (AvgIpc) is 3.06. The summed E-state index contributed by atoms with van der Waals surface area (Å²) in [5.74, 6) is -0.0417. The first-order valence-corrected chi connectivity index (χ1v) is 20.5. The molecule has 4 nitrogen and oxygen atoms in total. The van der Waals surface area contributed by atoms with E-state index < -0.39 is 12.1 Å². The number of aliphatic hydroxyl groups is 2. The van der Waals surface area contributed by atoms with E-state index in [1.807, 2.05) is 0 Å². The van der Waals surface area contributed by atoms with Crippen LogP contribution in [0.2, 0.25) is 0 Å². The van der Waals surface area contributed by atoms with Crippen LogP contribution < -0.4 is 5.32 Å². The number of allylic oxidation sites excluding steroid dienone is 4. The van der Waals surface area contributed by atoms with Gasteiger partial charge in [-0.1, -0.05) is 173 Å². The molecule has 1 amide bonds. The average molecular weight is 648 g/mol. The second kappa shape index (κ2) is 38.3. The summed E-state index contributed by atoms with van der Waals surface area (Å²) in [5.41, 5.74) is 0. The number of unbranched alkanes of at least 4 members (excludes halogenated alkanes) is 26. The lowest BCUT2D eigenvalue weighted by atomic mass is 10.0. The first kappa shape index (κ1) is 44.9. The van der Waals surface area contributed by atoms with Crippen LogP contribution in [0.5, 0.6) is 0 Å². The normalized spacial score (nSPS) is 13.2. The number of nitrogens with one attached hydrogen (secondary N) is 1. The molecule has 4 heteroatoms. The maximum Gasteiger partial charge on any atom is 0.220 e. The zero-order valence-electron chi connectivity index (χ0n) is 31.1. The Kier molecular flexibility index (Phi) is 37.4. The fourth-order valence-electron chi connectivity index (χ4n) is 6.23. The van der Waals surface area contributed by atoms with E-state index in [9.17, 15) is 15.0 Å². The molecule has 0 radical (unpaired) electrons. The van der Waals surface area contributed by atoms with Crippen LogP contribution >= 0.6 is 0 Å². The van der Waals surface area contributed by atoms with Crippen molar-refractivity contribution in [3.8, 4) is 0 Å². The number of hydrogen-bond acceptors (Lipinski definition) is 3. The molecule has 0 heterocycles. The Hall–Kier alpha value is -1.13. The molecule has 0 aromatic rings. The summed E-state index contributed by atoms with van der Waals surface area (Å²) >= 11 is 0. The van der Waals surface area contributed by atoms with Crippen molar-refractivity contribution in [1.29, 1.82) is 0 Å². The first-order chi connectivity index (χ1) is 22.7. The predicted octanol–water partition coefficient (Wildman–Crippen LogP) is 12.5. The minimum atomic E-state index is -0.678. The van der Waals surface area contributed by atoms with E-state index in [0.29, 0.717) is 12.8 Å². The molecule has 0 rings (SSSR count). The largest absolute Gasteiger partial charge is 0.394 e. The summed E-state index contributed by atoms with van der Waals surface area (Å²) < 4.78 is 0. The van der Waals surface area contributed by atoms with Gasteiger partial charge in [0.15, 0.2) is 0 Å². The molecule has 0 saturated heterocycles. The van der Waals surface area contributed by atoms with Gasteiger partial charge in [0.1, 0.15) is 0 Å². The quantitative estimate of drug-likeness (QED) is 0.0464. The van der Waals surface area contributed by atoms with Gasteiger partial charge >= 0.3 is 0 Å². The molecular formula is C42H81NO3. The van der Waals surface area contributed by atoms with Crippen LogP contribution in [0.15, 0.2) is 24.3 Å². The van der Waals surface area contributed by atoms with Gasteiger partial charge in [-0.2, -0.15) is 0 Å². The topological polar surface area (TPSA) is 69.6 Å². The van der Waals surface area contributed by atoms with E-state index >= 15 is 0 Å². The monoisotopic (exact) mass is 648 g/mol. The Balaban J connectivity index is 3.49. The maximum absolute atomic E-state index is 12.3. The maximum atomic E-state index is 12.3. The summed E-state index contributed by atoms with van der Waals surface area (Å²) in [5, 5.41) is 23.0. The Morgan fingerprint density at radius 1 is 0.500 bits per heavy atom. The lowest BCUT2D eigenvalue weighted by Gasteiger charge is -2.22. The second-order valence-corrected chi connectivity index (χ2v) is 14.0. The number of hydrogen-bond donors (Lipinski definition) is 3. The molecule has 0 aliphatic heterocycles. The van der Waals surface area contributed by atoms with Gasteiger partial charge in [0, 0.05) is 6.42 Å². The van der Waals surface area contributed by atoms with Gasteiger partial charge in [0.2, 0.25) is 5.91 Å². The van der Waals surface area contributed by atoms with Crippen molar-refractivity contribution in [2.75, 3.05) is 6.61 Å². The van der Waals surface area contributed by atoms with Gasteiger partial charge in [-0.15, -0.1) is 0 Å². The fourth-order valence-corrected chi connectivity index (χ4v) is 6.23. The summed E-state index contributed by atoms with van der Waals surface area (Å²) in [4.78, 5) is 12.3. The molecule has 0 spiro atoms. The van der Waals surface area contributed by atoms with Gasteiger partial charge in [0.05, 0.1) is 18.8 Å². The van der Waals surface area contributed by atoms with Crippen LogP contribution in [-0.2, 0) is 4.79 Å². The van der Waals surface area contributed by atoms with E-state index in [2.05, 4.69) is 43.5 Å². The Morgan fingerprint density at radius 2 is 0.826 bits per heavy atom. The van der Waals surface area contributed by atoms with Gasteiger partial charge in [-0.3, -0.25) is 4.79 Å². The summed E-state index contributed by atoms with van der Waals surface area (Å²) in [6.45, 7) is 4.32. The van der Waals surface area contributed by atoms with Crippen LogP contribution in [0.3, 0.4) is 0 Å². The van der Waals surface area contributed by atoms with Crippen molar-refractivity contribution in [2.45, 2.75) is 231 Å². The predicted molar refractivity (Wildman–Crippen MR) is 202 cm³/mol. The van der Waals surface area contributed by atoms with Gasteiger partial charge in [-0.05, 0) is 64.2 Å². The minimum Gasteiger partial charge on any atom is -0.394 e. The van der Waals surface area contributed by atoms with Crippen LogP contribution in [0.25, 0.3) is 0 Å². The highest BCUT2D eigenvalue weighted by molar-refractivity contribution is 5.76. The highest BCUT2D eigenvalue weighted by Crippen LogP contribution is 2.15. The fraction of sp³-hybridized carbons (Fsp3) is 0.881. The molecule has 46 heavy (non-hydrogen) atoms. The molecule has 0 saturated carbocycles. The van der Waals surface area contributed by atoms with Gasteiger partial charge < -0.3 is 15.5 Å². The molecule has 0 aromatic carbocycles. The third-order valence-corrected chi connectivity index (χ3v) is 9.43. The summed E-state index contributed by atoms with van der Waals surface area (Å²) in [7, 11) is 0. The van der Waals surface area contributed by atoms with E-state index in [4.69, 9.17) is 0 Å². The van der Waals surface area contributed by atoms with Crippen molar-refractivity contribution in [1.82, 2.24) is 5.32 Å². The highest BCUT2D eigenvalue weighted by Gasteiger charge is 2.19. The van der Waals surface area contributed by atoms with Crippen LogP contribution in [0.4, 0.5) is 0 Å². The van der Waals surface area contributed by atoms with E-state index in [1.165, 1.54) is 161 Å². The molecular weight excluding hydrogens is 566 g/mol. The van der Waals surface area contributed by atoms with Crippen molar-refractivity contribution in [3.05, 3.63) is 24.3 Å². The molecule has 272 valence electrons. The van der Waals surface area contributed by atoms with Crippen LogP contribution in [0, 0.1) is 0 Å². The molecule has 0 aliphatic carbocycles. The van der Waals surface area contributed by atoms with Crippen molar-refractivity contribution < 1.29 is 15.0 Å². The molecule has 0 unspecified atom stereocenters. The molecule has 2 atom stereocenters. The number of amides is 1. The van der Waals surface area contributed by atoms with Gasteiger partial charge in [-0.25, -0.2) is 0 Å². The van der Waals surface area contributed by atoms with Gasteiger partial charge in [0.25, 0.3) is 0 Å². The number of aliphatic hydroxyl groups excluding tert-OH is 2.